The van der Waals surface area contributed by atoms with Gasteiger partial charge in [-0.15, -0.1) is 0 Å². The van der Waals surface area contributed by atoms with E-state index in [1.165, 1.54) is 25.7 Å². The number of nitrogens with one attached hydrogen (secondary N) is 1. The molecule has 1 aliphatic carbocycles. The number of hydrogen-bond acceptors (Lipinski definition) is 2. The molecule has 80 valence electrons. The highest BCUT2D eigenvalue weighted by molar-refractivity contribution is 5.83. The van der Waals surface area contributed by atoms with Crippen LogP contribution < -0.4 is 5.32 Å². The topological polar surface area (TPSA) is 32.3 Å². The van der Waals surface area contributed by atoms with E-state index in [-0.39, 0.29) is 6.04 Å². The van der Waals surface area contributed by atoms with Crippen molar-refractivity contribution in [3.05, 3.63) is 0 Å². The van der Waals surface area contributed by atoms with Gasteiger partial charge in [0, 0.05) is 13.1 Å². The van der Waals surface area contributed by atoms with Crippen molar-refractivity contribution in [2.75, 3.05) is 20.1 Å². The predicted octanol–water partition coefficient (Wildman–Crippen LogP) is 0.997. The van der Waals surface area contributed by atoms with E-state index in [9.17, 15) is 4.79 Å². The average Bonchev–Trinajstić information content (AvgIpc) is 2.93. The van der Waals surface area contributed by atoms with E-state index in [1.54, 1.807) is 0 Å². The fourth-order valence-electron chi connectivity index (χ4n) is 2.21. The number of rotatable bonds is 5. The van der Waals surface area contributed by atoms with Gasteiger partial charge in [-0.25, -0.2) is 0 Å². The van der Waals surface area contributed by atoms with Crippen LogP contribution in [0.5, 0.6) is 0 Å². The third kappa shape index (κ3) is 2.27. The number of likely N-dealkylation sites (tertiary alicyclic amines) is 1. The van der Waals surface area contributed by atoms with Crippen molar-refractivity contribution in [1.29, 1.82) is 0 Å². The molecule has 3 heteroatoms. The Balaban J connectivity index is 1.67. The zero-order valence-electron chi connectivity index (χ0n) is 8.96. The van der Waals surface area contributed by atoms with E-state index in [2.05, 4.69) is 5.32 Å². The van der Waals surface area contributed by atoms with Gasteiger partial charge in [-0.2, -0.15) is 0 Å². The van der Waals surface area contributed by atoms with Gasteiger partial charge in [-0.3, -0.25) is 4.79 Å². The van der Waals surface area contributed by atoms with Gasteiger partial charge in [0.05, 0.1) is 6.04 Å². The molecule has 1 heterocycles. The van der Waals surface area contributed by atoms with Crippen LogP contribution in [0, 0.1) is 5.92 Å². The Labute approximate surface area is 85.8 Å². The van der Waals surface area contributed by atoms with Crippen LogP contribution in [-0.2, 0) is 4.79 Å². The van der Waals surface area contributed by atoms with E-state index in [0.717, 1.165) is 25.4 Å². The third-order valence-corrected chi connectivity index (χ3v) is 3.38. The van der Waals surface area contributed by atoms with Gasteiger partial charge in [0.1, 0.15) is 0 Å². The second kappa shape index (κ2) is 4.30. The smallest absolute Gasteiger partial charge is 0.239 e. The van der Waals surface area contributed by atoms with Crippen LogP contribution in [-0.4, -0.2) is 37.0 Å². The van der Waals surface area contributed by atoms with Gasteiger partial charge in [0.15, 0.2) is 0 Å². The van der Waals surface area contributed by atoms with E-state index < -0.39 is 0 Å². The van der Waals surface area contributed by atoms with Gasteiger partial charge in [-0.05, 0) is 32.2 Å². The fourth-order valence-corrected chi connectivity index (χ4v) is 2.21. The van der Waals surface area contributed by atoms with Crippen molar-refractivity contribution >= 4 is 5.91 Å². The van der Waals surface area contributed by atoms with Crippen molar-refractivity contribution in [2.45, 2.75) is 38.1 Å². The summed E-state index contributed by atoms with van der Waals surface area (Å²) in [4.78, 5) is 13.7. The van der Waals surface area contributed by atoms with E-state index in [1.807, 2.05) is 11.9 Å². The molecule has 0 bridgehead atoms. The van der Waals surface area contributed by atoms with Gasteiger partial charge in [0.2, 0.25) is 5.91 Å². The summed E-state index contributed by atoms with van der Waals surface area (Å²) < 4.78 is 0. The number of likely N-dealkylation sites (N-methyl/N-ethyl adjacent to an activating group) is 1. The molecule has 14 heavy (non-hydrogen) atoms. The molecule has 2 rings (SSSR count). The zero-order chi connectivity index (χ0) is 9.97. The van der Waals surface area contributed by atoms with E-state index in [4.69, 9.17) is 0 Å². The molecule has 1 saturated heterocycles. The Morgan fingerprint density at radius 2 is 2.21 bits per heavy atom. The molecular formula is C11H20N2O. The quantitative estimate of drug-likeness (QED) is 0.711. The molecule has 0 aromatic heterocycles. The Bertz CT molecular complexity index is 213. The highest BCUT2D eigenvalue weighted by Gasteiger charge is 2.30. The summed E-state index contributed by atoms with van der Waals surface area (Å²) in [6.45, 7) is 1.93. The highest BCUT2D eigenvalue weighted by Crippen LogP contribution is 2.33. The maximum absolute atomic E-state index is 11.7. The first-order valence-electron chi connectivity index (χ1n) is 5.77. The molecule has 2 fully saturated rings. The Morgan fingerprint density at radius 1 is 1.43 bits per heavy atom. The van der Waals surface area contributed by atoms with Crippen LogP contribution in [0.4, 0.5) is 0 Å². The minimum atomic E-state index is 0.0934. The lowest BCUT2D eigenvalue weighted by Gasteiger charge is -2.16. The third-order valence-electron chi connectivity index (χ3n) is 3.38. The average molecular weight is 196 g/mol. The molecule has 1 saturated carbocycles. The second-order valence-corrected chi connectivity index (χ2v) is 4.54. The van der Waals surface area contributed by atoms with Crippen LogP contribution in [0.25, 0.3) is 0 Å². The summed E-state index contributed by atoms with van der Waals surface area (Å²) >= 11 is 0. The number of carbonyl (C=O) groups is 1. The van der Waals surface area contributed by atoms with Crippen LogP contribution in [0.2, 0.25) is 0 Å². The van der Waals surface area contributed by atoms with Gasteiger partial charge in [0.25, 0.3) is 0 Å². The number of nitrogens with zero attached hydrogens (tertiary/aromatic N) is 1. The standard InChI is InChI=1S/C11H20N2O/c1-12-10-6-8-13(11(10)14)7-2-3-9-4-5-9/h9-10,12H,2-8H2,1H3. The van der Waals surface area contributed by atoms with Crippen LogP contribution in [0.3, 0.4) is 0 Å². The van der Waals surface area contributed by atoms with Crippen molar-refractivity contribution < 1.29 is 4.79 Å². The van der Waals surface area contributed by atoms with Crippen LogP contribution >= 0.6 is 0 Å². The lowest BCUT2D eigenvalue weighted by Crippen LogP contribution is -2.36. The maximum atomic E-state index is 11.7. The largest absolute Gasteiger partial charge is 0.341 e. The van der Waals surface area contributed by atoms with Gasteiger partial charge in [-0.1, -0.05) is 12.8 Å². The Morgan fingerprint density at radius 3 is 2.79 bits per heavy atom. The minimum absolute atomic E-state index is 0.0934. The molecule has 0 spiro atoms. The summed E-state index contributed by atoms with van der Waals surface area (Å²) in [5.41, 5.74) is 0. The molecule has 3 nitrogen and oxygen atoms in total. The minimum Gasteiger partial charge on any atom is -0.341 e. The molecular weight excluding hydrogens is 176 g/mol. The molecule has 0 aromatic rings. The van der Waals surface area contributed by atoms with Gasteiger partial charge < -0.3 is 10.2 Å². The molecule has 1 aliphatic heterocycles. The first-order valence-corrected chi connectivity index (χ1v) is 5.77. The Hall–Kier alpha value is -0.570. The number of hydrogen-bond donors (Lipinski definition) is 1. The first kappa shape index (κ1) is 9.97. The zero-order valence-corrected chi connectivity index (χ0v) is 8.96. The molecule has 1 amide bonds. The SMILES string of the molecule is CNC1CCN(CCCC2CC2)C1=O. The highest BCUT2D eigenvalue weighted by atomic mass is 16.2. The van der Waals surface area contributed by atoms with Crippen molar-refractivity contribution in [2.24, 2.45) is 5.92 Å². The van der Waals surface area contributed by atoms with E-state index in [0.29, 0.717) is 5.91 Å². The fraction of sp³-hybridized carbons (Fsp3) is 0.909. The molecule has 1 unspecified atom stereocenters. The van der Waals surface area contributed by atoms with Crippen molar-refractivity contribution in [3.8, 4) is 0 Å². The number of amides is 1. The van der Waals surface area contributed by atoms with Crippen LogP contribution in [0.15, 0.2) is 0 Å². The lowest BCUT2D eigenvalue weighted by molar-refractivity contribution is -0.129. The van der Waals surface area contributed by atoms with Crippen molar-refractivity contribution in [3.63, 3.8) is 0 Å². The van der Waals surface area contributed by atoms with Gasteiger partial charge >= 0.3 is 0 Å². The van der Waals surface area contributed by atoms with Crippen molar-refractivity contribution in [1.82, 2.24) is 10.2 Å². The molecule has 2 aliphatic rings. The maximum Gasteiger partial charge on any atom is 0.239 e. The Kier molecular flexibility index (Phi) is 3.06. The summed E-state index contributed by atoms with van der Waals surface area (Å²) in [6, 6.07) is 0.0934. The monoisotopic (exact) mass is 196 g/mol. The second-order valence-electron chi connectivity index (χ2n) is 4.54. The molecule has 1 N–H and O–H groups in total. The van der Waals surface area contributed by atoms with E-state index >= 15 is 0 Å². The summed E-state index contributed by atoms with van der Waals surface area (Å²) in [7, 11) is 1.87. The lowest BCUT2D eigenvalue weighted by atomic mass is 10.2. The summed E-state index contributed by atoms with van der Waals surface area (Å²) in [5, 5.41) is 3.06. The summed E-state index contributed by atoms with van der Waals surface area (Å²) in [6.07, 6.45) is 6.36. The number of carbonyl (C=O) groups excluding carboxylic acids is 1. The van der Waals surface area contributed by atoms with Crippen LogP contribution in [0.1, 0.15) is 32.1 Å². The first-order chi connectivity index (χ1) is 6.81. The predicted molar refractivity (Wildman–Crippen MR) is 56.0 cm³/mol. The normalized spacial score (nSPS) is 27.4. The summed E-state index contributed by atoms with van der Waals surface area (Å²) in [5.74, 6) is 1.30. The molecule has 0 aromatic carbocycles. The molecule has 0 radical (unpaired) electrons. The molecule has 1 atom stereocenters.